The SMILES string of the molecule is Cc1cc(C)cc(NC(=O)CSCCC(=O)O)c1. The van der Waals surface area contributed by atoms with Gasteiger partial charge in [0.15, 0.2) is 0 Å². The summed E-state index contributed by atoms with van der Waals surface area (Å²) in [5, 5.41) is 11.3. The third-order valence-electron chi connectivity index (χ3n) is 2.20. The predicted molar refractivity (Wildman–Crippen MR) is 74.1 cm³/mol. The summed E-state index contributed by atoms with van der Waals surface area (Å²) < 4.78 is 0. The fourth-order valence-electron chi connectivity index (χ4n) is 1.57. The number of hydrogen-bond donors (Lipinski definition) is 2. The lowest BCUT2D eigenvalue weighted by molar-refractivity contribution is -0.136. The van der Waals surface area contributed by atoms with E-state index in [1.54, 1.807) is 0 Å². The van der Waals surface area contributed by atoms with Gasteiger partial charge in [0, 0.05) is 11.4 Å². The number of amides is 1. The van der Waals surface area contributed by atoms with Gasteiger partial charge in [-0.15, -0.1) is 0 Å². The van der Waals surface area contributed by atoms with Crippen molar-refractivity contribution < 1.29 is 14.7 Å². The molecule has 0 heterocycles. The van der Waals surface area contributed by atoms with Crippen LogP contribution in [0.25, 0.3) is 0 Å². The summed E-state index contributed by atoms with van der Waals surface area (Å²) in [6, 6.07) is 5.86. The van der Waals surface area contributed by atoms with Gasteiger partial charge in [-0.1, -0.05) is 6.07 Å². The number of hydrogen-bond acceptors (Lipinski definition) is 3. The minimum atomic E-state index is -0.836. The number of carbonyl (C=O) groups excluding carboxylic acids is 1. The Bertz CT molecular complexity index is 426. The molecule has 0 aliphatic heterocycles. The molecule has 0 aromatic heterocycles. The van der Waals surface area contributed by atoms with Gasteiger partial charge in [-0.3, -0.25) is 9.59 Å². The highest BCUT2D eigenvalue weighted by molar-refractivity contribution is 7.99. The Morgan fingerprint density at radius 1 is 1.22 bits per heavy atom. The van der Waals surface area contributed by atoms with E-state index in [1.807, 2.05) is 32.0 Å². The normalized spacial score (nSPS) is 10.1. The molecule has 0 aliphatic carbocycles. The molecule has 1 aromatic carbocycles. The van der Waals surface area contributed by atoms with Gasteiger partial charge in [0.1, 0.15) is 0 Å². The smallest absolute Gasteiger partial charge is 0.304 e. The monoisotopic (exact) mass is 267 g/mol. The van der Waals surface area contributed by atoms with Crippen LogP contribution >= 0.6 is 11.8 Å². The zero-order chi connectivity index (χ0) is 13.5. The molecule has 0 fully saturated rings. The molecule has 1 aromatic rings. The maximum atomic E-state index is 11.6. The van der Waals surface area contributed by atoms with Crippen molar-refractivity contribution in [3.8, 4) is 0 Å². The Morgan fingerprint density at radius 2 is 1.83 bits per heavy atom. The Balaban J connectivity index is 2.37. The standard InChI is InChI=1S/C13H17NO3S/c1-9-5-10(2)7-11(6-9)14-12(15)8-18-4-3-13(16)17/h5-7H,3-4,8H2,1-2H3,(H,14,15)(H,16,17). The van der Waals surface area contributed by atoms with Crippen molar-refractivity contribution in [2.24, 2.45) is 0 Å². The fourth-order valence-corrected chi connectivity index (χ4v) is 2.29. The second kappa shape index (κ2) is 7.06. The second-order valence-corrected chi connectivity index (χ2v) is 5.23. The van der Waals surface area contributed by atoms with E-state index in [0.717, 1.165) is 16.8 Å². The second-order valence-electron chi connectivity index (χ2n) is 4.12. The number of nitrogens with one attached hydrogen (secondary N) is 1. The molecule has 98 valence electrons. The molecule has 0 radical (unpaired) electrons. The molecule has 1 amide bonds. The quantitative estimate of drug-likeness (QED) is 0.777. The van der Waals surface area contributed by atoms with E-state index in [1.165, 1.54) is 11.8 Å². The van der Waals surface area contributed by atoms with E-state index in [4.69, 9.17) is 5.11 Å². The number of carboxylic acids is 1. The highest BCUT2D eigenvalue weighted by atomic mass is 32.2. The first-order valence-corrected chi connectivity index (χ1v) is 6.80. The molecule has 0 bridgehead atoms. The molecule has 0 unspecified atom stereocenters. The van der Waals surface area contributed by atoms with E-state index in [-0.39, 0.29) is 18.1 Å². The molecule has 0 spiro atoms. The summed E-state index contributed by atoms with van der Waals surface area (Å²) in [4.78, 5) is 21.9. The van der Waals surface area contributed by atoms with Crippen LogP contribution in [0.15, 0.2) is 18.2 Å². The van der Waals surface area contributed by atoms with E-state index in [0.29, 0.717) is 5.75 Å². The van der Waals surface area contributed by atoms with Crippen molar-refractivity contribution in [2.45, 2.75) is 20.3 Å². The number of thioether (sulfide) groups is 1. The summed E-state index contributed by atoms with van der Waals surface area (Å²) in [6.07, 6.45) is 0.0848. The Morgan fingerprint density at radius 3 is 2.39 bits per heavy atom. The number of carboxylic acid groups (broad SMARTS) is 1. The van der Waals surface area contributed by atoms with Gasteiger partial charge in [0.2, 0.25) is 5.91 Å². The molecular formula is C13H17NO3S. The highest BCUT2D eigenvalue weighted by Gasteiger charge is 2.04. The van der Waals surface area contributed by atoms with Gasteiger partial charge in [0.05, 0.1) is 12.2 Å². The third-order valence-corrected chi connectivity index (χ3v) is 3.16. The maximum absolute atomic E-state index is 11.6. The molecule has 4 nitrogen and oxygen atoms in total. The van der Waals surface area contributed by atoms with Gasteiger partial charge in [-0.25, -0.2) is 0 Å². The lowest BCUT2D eigenvalue weighted by Crippen LogP contribution is -2.14. The summed E-state index contributed by atoms with van der Waals surface area (Å²) in [5.41, 5.74) is 2.99. The molecular weight excluding hydrogens is 250 g/mol. The number of rotatable bonds is 6. The van der Waals surface area contributed by atoms with Crippen LogP contribution in [-0.4, -0.2) is 28.5 Å². The van der Waals surface area contributed by atoms with Gasteiger partial charge in [-0.05, 0) is 37.1 Å². The van der Waals surface area contributed by atoms with Crippen LogP contribution in [0.1, 0.15) is 17.5 Å². The number of carbonyl (C=O) groups is 2. The minimum absolute atomic E-state index is 0.0848. The van der Waals surface area contributed by atoms with Gasteiger partial charge < -0.3 is 10.4 Å². The van der Waals surface area contributed by atoms with Crippen molar-refractivity contribution >= 4 is 29.3 Å². The highest BCUT2D eigenvalue weighted by Crippen LogP contribution is 2.14. The average molecular weight is 267 g/mol. The first-order chi connectivity index (χ1) is 8.47. The Hall–Kier alpha value is -1.49. The van der Waals surface area contributed by atoms with E-state index >= 15 is 0 Å². The molecule has 0 saturated heterocycles. The summed E-state index contributed by atoms with van der Waals surface area (Å²) >= 11 is 1.32. The maximum Gasteiger partial charge on any atom is 0.304 e. The summed E-state index contributed by atoms with van der Waals surface area (Å²) in [5.74, 6) is -0.205. The first-order valence-electron chi connectivity index (χ1n) is 5.65. The number of aliphatic carboxylic acids is 1. The van der Waals surface area contributed by atoms with Crippen LogP contribution in [0.3, 0.4) is 0 Å². The molecule has 0 aliphatic rings. The largest absolute Gasteiger partial charge is 0.481 e. The van der Waals surface area contributed by atoms with Crippen LogP contribution in [0, 0.1) is 13.8 Å². The lowest BCUT2D eigenvalue weighted by Gasteiger charge is -2.07. The minimum Gasteiger partial charge on any atom is -0.481 e. The molecule has 2 N–H and O–H groups in total. The molecule has 5 heteroatoms. The molecule has 0 atom stereocenters. The molecule has 18 heavy (non-hydrogen) atoms. The van der Waals surface area contributed by atoms with Crippen LogP contribution in [0.5, 0.6) is 0 Å². The summed E-state index contributed by atoms with van der Waals surface area (Å²) in [7, 11) is 0. The van der Waals surface area contributed by atoms with Gasteiger partial charge in [0.25, 0.3) is 0 Å². The van der Waals surface area contributed by atoms with Crippen LogP contribution < -0.4 is 5.32 Å². The average Bonchev–Trinajstić information content (AvgIpc) is 2.22. The first kappa shape index (κ1) is 14.6. The van der Waals surface area contributed by atoms with Gasteiger partial charge in [-0.2, -0.15) is 11.8 Å². The van der Waals surface area contributed by atoms with Crippen LogP contribution in [0.4, 0.5) is 5.69 Å². The Kier molecular flexibility index (Phi) is 5.71. The van der Waals surface area contributed by atoms with Crippen LogP contribution in [-0.2, 0) is 9.59 Å². The van der Waals surface area contributed by atoms with E-state index < -0.39 is 5.97 Å². The number of aryl methyl sites for hydroxylation is 2. The van der Waals surface area contributed by atoms with Crippen molar-refractivity contribution in [1.82, 2.24) is 0 Å². The Labute approximate surface area is 111 Å². The number of benzene rings is 1. The van der Waals surface area contributed by atoms with E-state index in [9.17, 15) is 9.59 Å². The van der Waals surface area contributed by atoms with Crippen LogP contribution in [0.2, 0.25) is 0 Å². The lowest BCUT2D eigenvalue weighted by atomic mass is 10.1. The van der Waals surface area contributed by atoms with Gasteiger partial charge >= 0.3 is 5.97 Å². The third kappa shape index (κ3) is 5.72. The fraction of sp³-hybridized carbons (Fsp3) is 0.385. The zero-order valence-electron chi connectivity index (χ0n) is 10.5. The zero-order valence-corrected chi connectivity index (χ0v) is 11.3. The topological polar surface area (TPSA) is 66.4 Å². The number of anilines is 1. The predicted octanol–water partition coefficient (Wildman–Crippen LogP) is 2.45. The summed E-state index contributed by atoms with van der Waals surface area (Å²) in [6.45, 7) is 3.95. The molecule has 1 rings (SSSR count). The van der Waals surface area contributed by atoms with Crippen molar-refractivity contribution in [1.29, 1.82) is 0 Å². The van der Waals surface area contributed by atoms with Crippen molar-refractivity contribution in [2.75, 3.05) is 16.8 Å². The van der Waals surface area contributed by atoms with Crippen molar-refractivity contribution in [3.05, 3.63) is 29.3 Å². The van der Waals surface area contributed by atoms with Crippen molar-refractivity contribution in [3.63, 3.8) is 0 Å². The molecule has 0 saturated carbocycles. The van der Waals surface area contributed by atoms with E-state index in [2.05, 4.69) is 5.32 Å².